The Morgan fingerprint density at radius 1 is 0.857 bits per heavy atom. The summed E-state index contributed by atoms with van der Waals surface area (Å²) in [6, 6.07) is 25.7. The van der Waals surface area contributed by atoms with Crippen LogP contribution in [0.5, 0.6) is 17.4 Å². The number of alkyl halides is 3. The monoisotopic (exact) mass is 476 g/mol. The molecular formula is C28H23F3N2O2. The molecular weight excluding hydrogens is 453 g/mol. The molecule has 0 unspecified atom stereocenters. The van der Waals surface area contributed by atoms with Crippen molar-refractivity contribution in [2.75, 3.05) is 6.54 Å². The molecule has 1 aliphatic rings. The number of hydrogen-bond donors (Lipinski definition) is 0. The molecule has 0 saturated heterocycles. The maximum absolute atomic E-state index is 12.5. The first-order valence-electron chi connectivity index (χ1n) is 11.3. The Kier molecular flexibility index (Phi) is 6.42. The molecule has 0 N–H and O–H groups in total. The molecule has 3 aromatic carbocycles. The van der Waals surface area contributed by atoms with Gasteiger partial charge in [0.15, 0.2) is 0 Å². The van der Waals surface area contributed by atoms with Crippen molar-refractivity contribution in [1.82, 2.24) is 9.88 Å². The van der Waals surface area contributed by atoms with Crippen molar-refractivity contribution in [1.29, 1.82) is 0 Å². The topological polar surface area (TPSA) is 34.6 Å². The normalized spacial score (nSPS) is 13.8. The predicted octanol–water partition coefficient (Wildman–Crippen LogP) is 7.00. The van der Waals surface area contributed by atoms with E-state index in [1.807, 2.05) is 24.3 Å². The van der Waals surface area contributed by atoms with Crippen LogP contribution in [0.15, 0.2) is 91.1 Å². The molecule has 2 heterocycles. The summed E-state index contributed by atoms with van der Waals surface area (Å²) in [6.45, 7) is 2.64. The second kappa shape index (κ2) is 9.80. The third kappa shape index (κ3) is 5.63. The zero-order valence-electron chi connectivity index (χ0n) is 18.8. The summed E-state index contributed by atoms with van der Waals surface area (Å²) in [5.41, 5.74) is 5.03. The first-order chi connectivity index (χ1) is 16.9. The summed E-state index contributed by atoms with van der Waals surface area (Å²) >= 11 is 0. The van der Waals surface area contributed by atoms with Crippen LogP contribution in [0.25, 0.3) is 11.1 Å². The minimum Gasteiger partial charge on any atom is -0.438 e. The highest BCUT2D eigenvalue weighted by Crippen LogP contribution is 2.36. The zero-order chi connectivity index (χ0) is 24.3. The van der Waals surface area contributed by atoms with Gasteiger partial charge in [0.25, 0.3) is 0 Å². The lowest BCUT2D eigenvalue weighted by Gasteiger charge is -2.30. The number of hydrogen-bond acceptors (Lipinski definition) is 4. The molecule has 4 aromatic rings. The van der Waals surface area contributed by atoms with E-state index in [4.69, 9.17) is 4.74 Å². The second-order valence-corrected chi connectivity index (χ2v) is 8.37. The quantitative estimate of drug-likeness (QED) is 0.300. The highest BCUT2D eigenvalue weighted by atomic mass is 19.4. The maximum atomic E-state index is 12.5. The van der Waals surface area contributed by atoms with Crippen LogP contribution in [0.4, 0.5) is 13.2 Å². The van der Waals surface area contributed by atoms with Crippen molar-refractivity contribution in [2.45, 2.75) is 25.9 Å². The van der Waals surface area contributed by atoms with E-state index < -0.39 is 6.36 Å². The van der Waals surface area contributed by atoms with Crippen LogP contribution >= 0.6 is 0 Å². The number of rotatable bonds is 6. The van der Waals surface area contributed by atoms with Crippen LogP contribution < -0.4 is 9.47 Å². The van der Waals surface area contributed by atoms with Gasteiger partial charge in [0.2, 0.25) is 5.88 Å². The lowest BCUT2D eigenvalue weighted by molar-refractivity contribution is -0.274. The average Bonchev–Trinajstić information content (AvgIpc) is 2.85. The number of ether oxygens (including phenoxy) is 2. The SMILES string of the molecule is FC(F)(F)Oc1ccc(-c2cccnc2Oc2cccc3c2CCN(Cc2ccccc2)C3)cc1. The molecule has 0 atom stereocenters. The standard InChI is InChI=1S/C28H23F3N2O2/c29-28(30,31)35-23-13-11-21(12-14-23)25-9-5-16-32-27(25)34-26-10-4-8-22-19-33(17-15-24(22)26)18-20-6-2-1-3-7-20/h1-14,16H,15,17-19H2. The highest BCUT2D eigenvalue weighted by molar-refractivity contribution is 5.69. The van der Waals surface area contributed by atoms with Crippen molar-refractivity contribution in [2.24, 2.45) is 0 Å². The fourth-order valence-corrected chi connectivity index (χ4v) is 4.34. The molecule has 35 heavy (non-hydrogen) atoms. The molecule has 1 aliphatic heterocycles. The van der Waals surface area contributed by atoms with Gasteiger partial charge in [0, 0.05) is 37.0 Å². The van der Waals surface area contributed by atoms with Gasteiger partial charge >= 0.3 is 6.36 Å². The van der Waals surface area contributed by atoms with Gasteiger partial charge in [-0.05, 0) is 53.4 Å². The smallest absolute Gasteiger partial charge is 0.438 e. The molecule has 0 amide bonds. The van der Waals surface area contributed by atoms with Gasteiger partial charge in [-0.1, -0.05) is 54.6 Å². The first kappa shape index (κ1) is 22.9. The van der Waals surface area contributed by atoms with Crippen LogP contribution in [0.1, 0.15) is 16.7 Å². The number of halogens is 3. The Hall–Kier alpha value is -3.84. The predicted molar refractivity (Wildman–Crippen MR) is 127 cm³/mol. The van der Waals surface area contributed by atoms with Gasteiger partial charge in [-0.25, -0.2) is 4.98 Å². The van der Waals surface area contributed by atoms with Gasteiger partial charge < -0.3 is 9.47 Å². The molecule has 0 aliphatic carbocycles. The van der Waals surface area contributed by atoms with Gasteiger partial charge in [-0.2, -0.15) is 0 Å². The fraction of sp³-hybridized carbons (Fsp3) is 0.179. The maximum Gasteiger partial charge on any atom is 0.573 e. The summed E-state index contributed by atoms with van der Waals surface area (Å²) in [5, 5.41) is 0. The number of fused-ring (bicyclic) bond motifs is 1. The first-order valence-corrected chi connectivity index (χ1v) is 11.3. The van der Waals surface area contributed by atoms with Crippen molar-refractivity contribution >= 4 is 0 Å². The van der Waals surface area contributed by atoms with E-state index >= 15 is 0 Å². The number of benzene rings is 3. The molecule has 4 nitrogen and oxygen atoms in total. The van der Waals surface area contributed by atoms with Crippen LogP contribution in [0, 0.1) is 0 Å². The van der Waals surface area contributed by atoms with E-state index in [1.54, 1.807) is 24.4 Å². The van der Waals surface area contributed by atoms with Crippen LogP contribution in [0.2, 0.25) is 0 Å². The Balaban J connectivity index is 1.35. The summed E-state index contributed by atoms with van der Waals surface area (Å²) in [7, 11) is 0. The molecule has 0 spiro atoms. The highest BCUT2D eigenvalue weighted by Gasteiger charge is 2.31. The number of pyridine rings is 1. The Labute approximate surface area is 201 Å². The minimum atomic E-state index is -4.73. The van der Waals surface area contributed by atoms with E-state index in [9.17, 15) is 13.2 Å². The van der Waals surface area contributed by atoms with E-state index in [-0.39, 0.29) is 5.75 Å². The van der Waals surface area contributed by atoms with Crippen molar-refractivity contribution < 1.29 is 22.6 Å². The Morgan fingerprint density at radius 2 is 1.66 bits per heavy atom. The van der Waals surface area contributed by atoms with E-state index in [1.165, 1.54) is 23.3 Å². The lowest BCUT2D eigenvalue weighted by Crippen LogP contribution is -2.30. The van der Waals surface area contributed by atoms with Crippen LogP contribution in [-0.4, -0.2) is 22.8 Å². The van der Waals surface area contributed by atoms with Crippen molar-refractivity contribution in [3.05, 3.63) is 108 Å². The van der Waals surface area contributed by atoms with Gasteiger partial charge in [-0.3, -0.25) is 4.90 Å². The molecule has 0 radical (unpaired) electrons. The van der Waals surface area contributed by atoms with Gasteiger partial charge in [0.1, 0.15) is 11.5 Å². The van der Waals surface area contributed by atoms with Crippen LogP contribution in [-0.2, 0) is 19.5 Å². The molecule has 1 aromatic heterocycles. The van der Waals surface area contributed by atoms with Gasteiger partial charge in [0.05, 0.1) is 0 Å². The Bertz CT molecular complexity index is 1290. The summed E-state index contributed by atoms with van der Waals surface area (Å²) < 4.78 is 47.7. The molecule has 0 bridgehead atoms. The third-order valence-corrected chi connectivity index (χ3v) is 5.93. The third-order valence-electron chi connectivity index (χ3n) is 5.93. The Morgan fingerprint density at radius 3 is 2.43 bits per heavy atom. The molecule has 7 heteroatoms. The van der Waals surface area contributed by atoms with E-state index in [2.05, 4.69) is 45.0 Å². The van der Waals surface area contributed by atoms with Crippen LogP contribution in [0.3, 0.4) is 0 Å². The van der Waals surface area contributed by atoms with Crippen molar-refractivity contribution in [3.8, 4) is 28.5 Å². The number of nitrogens with zero attached hydrogens (tertiary/aromatic N) is 2. The van der Waals surface area contributed by atoms with E-state index in [0.717, 1.165) is 37.4 Å². The molecule has 0 fully saturated rings. The minimum absolute atomic E-state index is 0.273. The molecule has 5 rings (SSSR count). The fourth-order valence-electron chi connectivity index (χ4n) is 4.34. The van der Waals surface area contributed by atoms with Gasteiger partial charge in [-0.15, -0.1) is 13.2 Å². The summed E-state index contributed by atoms with van der Waals surface area (Å²) in [4.78, 5) is 6.82. The summed E-state index contributed by atoms with van der Waals surface area (Å²) in [6.07, 6.45) is -2.24. The number of aromatic nitrogens is 1. The second-order valence-electron chi connectivity index (χ2n) is 8.37. The zero-order valence-corrected chi connectivity index (χ0v) is 18.8. The molecule has 0 saturated carbocycles. The van der Waals surface area contributed by atoms with E-state index in [0.29, 0.717) is 17.0 Å². The average molecular weight is 476 g/mol. The van der Waals surface area contributed by atoms with Crippen molar-refractivity contribution in [3.63, 3.8) is 0 Å². The summed E-state index contributed by atoms with van der Waals surface area (Å²) in [5.74, 6) is 0.876. The lowest BCUT2D eigenvalue weighted by atomic mass is 9.98. The largest absolute Gasteiger partial charge is 0.573 e. The molecule has 178 valence electrons.